The van der Waals surface area contributed by atoms with Crippen LogP contribution in [0.15, 0.2) is 11.0 Å². The summed E-state index contributed by atoms with van der Waals surface area (Å²) in [6, 6.07) is 0. The minimum absolute atomic E-state index is 0. The van der Waals surface area contributed by atoms with Gasteiger partial charge in [0.1, 0.15) is 5.56 Å². The third kappa shape index (κ3) is 3.31. The monoisotopic (exact) mass is 304 g/mol. The predicted molar refractivity (Wildman–Crippen MR) is 66.6 cm³/mol. The van der Waals surface area contributed by atoms with Gasteiger partial charge in [0, 0.05) is 6.20 Å². The molecule has 0 bridgehead atoms. The number of fused-ring (bicyclic) bond motifs is 1. The van der Waals surface area contributed by atoms with Crippen LogP contribution in [0.25, 0.3) is 5.65 Å². The number of carbonyl (C=O) groups excluding carboxylic acids is 2. The summed E-state index contributed by atoms with van der Waals surface area (Å²) in [5.41, 5.74) is -1.15. The SMILES string of the molecule is CCOC(=O)c1nnc2c(C(=O)OCC)c[nH]n2c1=O.[H-].[Na+]. The molecule has 2 aromatic heterocycles. The molecule has 2 heterocycles. The van der Waals surface area contributed by atoms with E-state index in [9.17, 15) is 14.4 Å². The van der Waals surface area contributed by atoms with Crippen molar-refractivity contribution in [3.63, 3.8) is 0 Å². The van der Waals surface area contributed by atoms with Crippen molar-refractivity contribution >= 4 is 17.6 Å². The van der Waals surface area contributed by atoms with Gasteiger partial charge in [-0.25, -0.2) is 9.59 Å². The zero-order chi connectivity index (χ0) is 14.7. The maximum Gasteiger partial charge on any atom is 1.00 e. The van der Waals surface area contributed by atoms with E-state index < -0.39 is 23.2 Å². The van der Waals surface area contributed by atoms with Crippen molar-refractivity contribution in [3.8, 4) is 0 Å². The van der Waals surface area contributed by atoms with Crippen LogP contribution in [0.5, 0.6) is 0 Å². The molecule has 0 aromatic carbocycles. The van der Waals surface area contributed by atoms with Crippen molar-refractivity contribution < 1.29 is 50.0 Å². The van der Waals surface area contributed by atoms with Gasteiger partial charge in [-0.2, -0.15) is 4.52 Å². The third-order valence-electron chi connectivity index (χ3n) is 2.41. The van der Waals surface area contributed by atoms with Crippen molar-refractivity contribution in [2.45, 2.75) is 13.8 Å². The average Bonchev–Trinajstić information content (AvgIpc) is 2.84. The Hall–Kier alpha value is -1.71. The molecular weight excluding hydrogens is 291 g/mol. The van der Waals surface area contributed by atoms with Gasteiger partial charge in [0.25, 0.3) is 0 Å². The molecule has 0 spiro atoms. The normalized spacial score (nSPS) is 10.0. The van der Waals surface area contributed by atoms with E-state index in [1.165, 1.54) is 6.20 Å². The Kier molecular flexibility index (Phi) is 6.06. The number of H-pyrrole nitrogens is 1. The minimum atomic E-state index is -0.869. The summed E-state index contributed by atoms with van der Waals surface area (Å²) in [6.45, 7) is 3.56. The number of hydrogen-bond donors (Lipinski definition) is 1. The van der Waals surface area contributed by atoms with Gasteiger partial charge in [0.15, 0.2) is 5.65 Å². The van der Waals surface area contributed by atoms with Crippen molar-refractivity contribution in [3.05, 3.63) is 27.8 Å². The largest absolute Gasteiger partial charge is 1.00 e. The molecule has 0 aliphatic carbocycles. The summed E-state index contributed by atoms with van der Waals surface area (Å²) in [5, 5.41) is 9.73. The Bertz CT molecular complexity index is 729. The molecule has 9 nitrogen and oxygen atoms in total. The molecule has 0 amide bonds. The second-order valence-corrected chi connectivity index (χ2v) is 3.64. The second kappa shape index (κ2) is 7.34. The molecule has 0 saturated heterocycles. The molecular formula is C11H13N4NaO5. The molecule has 0 aliphatic heterocycles. The van der Waals surface area contributed by atoms with E-state index in [2.05, 4.69) is 15.3 Å². The Balaban J connectivity index is 0.00000220. The smallest absolute Gasteiger partial charge is 1.00 e. The van der Waals surface area contributed by atoms with Crippen LogP contribution in [-0.4, -0.2) is 45.0 Å². The Labute approximate surface area is 142 Å². The molecule has 21 heavy (non-hydrogen) atoms. The van der Waals surface area contributed by atoms with E-state index in [1.807, 2.05) is 0 Å². The zero-order valence-corrected chi connectivity index (χ0v) is 13.9. The van der Waals surface area contributed by atoms with Gasteiger partial charge >= 0.3 is 47.1 Å². The maximum absolute atomic E-state index is 12.0. The quantitative estimate of drug-likeness (QED) is 0.469. The van der Waals surface area contributed by atoms with E-state index >= 15 is 0 Å². The third-order valence-corrected chi connectivity index (χ3v) is 2.41. The van der Waals surface area contributed by atoms with E-state index in [0.29, 0.717) is 0 Å². The molecule has 1 N–H and O–H groups in total. The van der Waals surface area contributed by atoms with Crippen LogP contribution >= 0.6 is 0 Å². The van der Waals surface area contributed by atoms with Crippen molar-refractivity contribution in [2.75, 3.05) is 13.2 Å². The fourth-order valence-electron chi connectivity index (χ4n) is 1.56. The van der Waals surface area contributed by atoms with E-state index in [-0.39, 0.29) is 55.4 Å². The van der Waals surface area contributed by atoms with Crippen LogP contribution in [-0.2, 0) is 9.47 Å². The molecule has 0 fully saturated rings. The fourth-order valence-corrected chi connectivity index (χ4v) is 1.56. The molecule has 0 saturated carbocycles. The molecule has 0 unspecified atom stereocenters. The summed E-state index contributed by atoms with van der Waals surface area (Å²) in [5.74, 6) is -1.50. The van der Waals surface area contributed by atoms with Crippen molar-refractivity contribution in [1.82, 2.24) is 19.8 Å². The summed E-state index contributed by atoms with van der Waals surface area (Å²) in [6.07, 6.45) is 1.26. The predicted octanol–water partition coefficient (Wildman–Crippen LogP) is -3.11. The number of ether oxygens (including phenoxy) is 2. The van der Waals surface area contributed by atoms with Crippen LogP contribution in [0.2, 0.25) is 0 Å². The van der Waals surface area contributed by atoms with E-state index in [4.69, 9.17) is 9.47 Å². The number of nitrogens with zero attached hydrogens (tertiary/aromatic N) is 3. The molecule has 10 heteroatoms. The van der Waals surface area contributed by atoms with Gasteiger partial charge in [-0.1, -0.05) is 0 Å². The average molecular weight is 304 g/mol. The Morgan fingerprint density at radius 1 is 1.24 bits per heavy atom. The number of carbonyl (C=O) groups is 2. The molecule has 0 radical (unpaired) electrons. The second-order valence-electron chi connectivity index (χ2n) is 3.64. The standard InChI is InChI=1S/C11H12N4O5.Na.H/c1-3-19-10(17)6-5-12-15-8(6)14-13-7(9(15)16)11(18)20-4-2;;/h5,12H,3-4H2,1-2H3;;/q;+1;-1. The van der Waals surface area contributed by atoms with Crippen LogP contribution in [0.3, 0.4) is 0 Å². The first-order valence-corrected chi connectivity index (χ1v) is 5.91. The zero-order valence-electron chi connectivity index (χ0n) is 12.9. The van der Waals surface area contributed by atoms with Crippen LogP contribution in [0, 0.1) is 0 Å². The summed E-state index contributed by atoms with van der Waals surface area (Å²) in [7, 11) is 0. The summed E-state index contributed by atoms with van der Waals surface area (Å²) < 4.78 is 10.4. The minimum Gasteiger partial charge on any atom is -1.00 e. The number of hydrogen-bond acceptors (Lipinski definition) is 7. The van der Waals surface area contributed by atoms with Crippen LogP contribution in [0.4, 0.5) is 0 Å². The molecule has 108 valence electrons. The molecule has 2 aromatic rings. The topological polar surface area (TPSA) is 116 Å². The summed E-state index contributed by atoms with van der Waals surface area (Å²) in [4.78, 5) is 35.2. The fraction of sp³-hybridized carbons (Fsp3) is 0.364. The first kappa shape index (κ1) is 17.3. The van der Waals surface area contributed by atoms with E-state index in [0.717, 1.165) is 4.52 Å². The van der Waals surface area contributed by atoms with Gasteiger partial charge < -0.3 is 10.9 Å². The van der Waals surface area contributed by atoms with Crippen molar-refractivity contribution in [2.24, 2.45) is 0 Å². The van der Waals surface area contributed by atoms with Crippen molar-refractivity contribution in [1.29, 1.82) is 0 Å². The van der Waals surface area contributed by atoms with E-state index in [1.54, 1.807) is 13.8 Å². The molecule has 0 aliphatic rings. The van der Waals surface area contributed by atoms with Gasteiger partial charge in [-0.05, 0) is 13.8 Å². The first-order chi connectivity index (χ1) is 9.60. The van der Waals surface area contributed by atoms with Gasteiger partial charge in [-0.3, -0.25) is 9.89 Å². The molecule has 2 rings (SSSR count). The number of aromatic amines is 1. The van der Waals surface area contributed by atoms with Gasteiger partial charge in [0.2, 0.25) is 5.69 Å². The number of esters is 2. The Morgan fingerprint density at radius 3 is 2.48 bits per heavy atom. The summed E-state index contributed by atoms with van der Waals surface area (Å²) >= 11 is 0. The molecule has 0 atom stereocenters. The van der Waals surface area contributed by atoms with Crippen LogP contribution in [0.1, 0.15) is 36.1 Å². The maximum atomic E-state index is 12.0. The number of rotatable bonds is 4. The first-order valence-electron chi connectivity index (χ1n) is 5.91. The number of nitrogens with one attached hydrogen (secondary N) is 1. The van der Waals surface area contributed by atoms with Crippen LogP contribution < -0.4 is 35.1 Å². The van der Waals surface area contributed by atoms with Gasteiger partial charge in [0.05, 0.1) is 13.2 Å². The Morgan fingerprint density at radius 2 is 1.86 bits per heavy atom. The number of aromatic nitrogens is 4. The van der Waals surface area contributed by atoms with Gasteiger partial charge in [-0.15, -0.1) is 10.2 Å².